The second-order valence-electron chi connectivity index (χ2n) is 5.65. The van der Waals surface area contributed by atoms with Crippen molar-refractivity contribution in [2.45, 2.75) is 27.7 Å². The van der Waals surface area contributed by atoms with Crippen LogP contribution >= 0.6 is 15.9 Å². The number of carbonyl (C=O) groups excluding carboxylic acids is 1. The van der Waals surface area contributed by atoms with Gasteiger partial charge in [0.05, 0.1) is 5.56 Å². The summed E-state index contributed by atoms with van der Waals surface area (Å²) in [5.74, 6) is 0.580. The van der Waals surface area contributed by atoms with Crippen molar-refractivity contribution in [3.05, 3.63) is 34.3 Å². The highest BCUT2D eigenvalue weighted by Crippen LogP contribution is 2.18. The molecule has 0 aromatic heterocycles. The van der Waals surface area contributed by atoms with Crippen molar-refractivity contribution < 1.29 is 4.79 Å². The summed E-state index contributed by atoms with van der Waals surface area (Å²) in [4.78, 5) is 17.1. The van der Waals surface area contributed by atoms with E-state index in [4.69, 9.17) is 0 Å². The highest BCUT2D eigenvalue weighted by atomic mass is 79.9. The Kier molecular flexibility index (Phi) is 7.97. The minimum atomic E-state index is 0.114. The molecule has 0 aliphatic carbocycles. The van der Waals surface area contributed by atoms with Gasteiger partial charge < -0.3 is 9.80 Å². The van der Waals surface area contributed by atoms with Crippen molar-refractivity contribution in [2.75, 3.05) is 32.7 Å². The molecule has 1 rings (SSSR count). The maximum Gasteiger partial charge on any atom is 0.255 e. The second kappa shape index (κ2) is 9.21. The summed E-state index contributed by atoms with van der Waals surface area (Å²) in [5, 5.41) is 0. The number of hydrogen-bond acceptors (Lipinski definition) is 2. The molecule has 0 heterocycles. The first-order chi connectivity index (χ1) is 9.99. The Morgan fingerprint density at radius 3 is 2.29 bits per heavy atom. The number of rotatable bonds is 8. The molecule has 118 valence electrons. The normalized spacial score (nSPS) is 11.2. The molecular formula is C17H27BrN2O. The highest BCUT2D eigenvalue weighted by Gasteiger charge is 2.19. The zero-order chi connectivity index (χ0) is 15.8. The Hall–Kier alpha value is -0.870. The lowest BCUT2D eigenvalue weighted by atomic mass is 10.1. The molecule has 4 heteroatoms. The van der Waals surface area contributed by atoms with Crippen molar-refractivity contribution in [1.29, 1.82) is 0 Å². The van der Waals surface area contributed by atoms with Gasteiger partial charge in [-0.3, -0.25) is 4.79 Å². The smallest absolute Gasteiger partial charge is 0.255 e. The predicted molar refractivity (Wildman–Crippen MR) is 92.7 cm³/mol. The fourth-order valence-electron chi connectivity index (χ4n) is 2.32. The zero-order valence-electron chi connectivity index (χ0n) is 13.6. The molecule has 0 spiro atoms. The van der Waals surface area contributed by atoms with E-state index in [9.17, 15) is 4.79 Å². The fourth-order valence-corrected chi connectivity index (χ4v) is 2.78. The molecule has 0 aliphatic rings. The van der Waals surface area contributed by atoms with Gasteiger partial charge in [0.1, 0.15) is 0 Å². The monoisotopic (exact) mass is 354 g/mol. The minimum Gasteiger partial charge on any atom is -0.337 e. The maximum absolute atomic E-state index is 12.8. The number of likely N-dealkylation sites (N-methyl/N-ethyl adjacent to an activating group) is 1. The standard InChI is InChI=1S/C17H27BrN2O/c1-5-19(6-2)11-12-20(13-14(3)4)17(21)15-9-7-8-10-16(15)18/h7-10,14H,5-6,11-13H2,1-4H3. The van der Waals surface area contributed by atoms with Crippen molar-refractivity contribution in [3.63, 3.8) is 0 Å². The maximum atomic E-state index is 12.8. The van der Waals surface area contributed by atoms with E-state index in [0.29, 0.717) is 5.92 Å². The summed E-state index contributed by atoms with van der Waals surface area (Å²) in [6, 6.07) is 7.65. The summed E-state index contributed by atoms with van der Waals surface area (Å²) in [7, 11) is 0. The average Bonchev–Trinajstić information content (AvgIpc) is 2.46. The van der Waals surface area contributed by atoms with Crippen molar-refractivity contribution in [1.82, 2.24) is 9.80 Å². The molecule has 1 amide bonds. The Labute approximate surface area is 137 Å². The summed E-state index contributed by atoms with van der Waals surface area (Å²) in [6.07, 6.45) is 0. The van der Waals surface area contributed by atoms with Crippen molar-refractivity contribution >= 4 is 21.8 Å². The Morgan fingerprint density at radius 1 is 1.14 bits per heavy atom. The van der Waals surface area contributed by atoms with Gasteiger partial charge in [-0.05, 0) is 47.1 Å². The van der Waals surface area contributed by atoms with Gasteiger partial charge in [0.15, 0.2) is 0 Å². The van der Waals surface area contributed by atoms with Crippen molar-refractivity contribution in [2.24, 2.45) is 5.92 Å². The third-order valence-electron chi connectivity index (χ3n) is 3.56. The molecule has 0 saturated carbocycles. The van der Waals surface area contributed by atoms with Crippen molar-refractivity contribution in [3.8, 4) is 0 Å². The summed E-state index contributed by atoms with van der Waals surface area (Å²) >= 11 is 3.48. The Balaban J connectivity index is 2.82. The van der Waals surface area contributed by atoms with Gasteiger partial charge in [-0.2, -0.15) is 0 Å². The lowest BCUT2D eigenvalue weighted by molar-refractivity contribution is 0.0715. The number of nitrogens with zero attached hydrogens (tertiary/aromatic N) is 2. The second-order valence-corrected chi connectivity index (χ2v) is 6.51. The lowest BCUT2D eigenvalue weighted by Gasteiger charge is -2.28. The Morgan fingerprint density at radius 2 is 1.76 bits per heavy atom. The predicted octanol–water partition coefficient (Wildman–Crippen LogP) is 3.89. The zero-order valence-corrected chi connectivity index (χ0v) is 15.2. The third-order valence-corrected chi connectivity index (χ3v) is 4.25. The first kappa shape index (κ1) is 18.2. The van der Waals surface area contributed by atoms with E-state index < -0.39 is 0 Å². The third kappa shape index (κ3) is 5.79. The largest absolute Gasteiger partial charge is 0.337 e. The van der Waals surface area contributed by atoms with Gasteiger partial charge in [0, 0.05) is 24.1 Å². The first-order valence-corrected chi connectivity index (χ1v) is 8.55. The van der Waals surface area contributed by atoms with Gasteiger partial charge in [0.25, 0.3) is 5.91 Å². The van der Waals surface area contributed by atoms with E-state index in [2.05, 4.69) is 48.5 Å². The average molecular weight is 355 g/mol. The van der Waals surface area contributed by atoms with Crippen LogP contribution in [0.3, 0.4) is 0 Å². The molecule has 3 nitrogen and oxygen atoms in total. The summed E-state index contributed by atoms with van der Waals surface area (Å²) in [6.45, 7) is 13.2. The van der Waals surface area contributed by atoms with Crippen LogP contribution in [0.25, 0.3) is 0 Å². The van der Waals surface area contributed by atoms with Gasteiger partial charge in [0.2, 0.25) is 0 Å². The highest BCUT2D eigenvalue weighted by molar-refractivity contribution is 9.10. The lowest BCUT2D eigenvalue weighted by Crippen LogP contribution is -2.40. The molecule has 21 heavy (non-hydrogen) atoms. The van der Waals surface area contributed by atoms with Gasteiger partial charge in [-0.25, -0.2) is 0 Å². The molecule has 0 radical (unpaired) electrons. The van der Waals surface area contributed by atoms with E-state index in [1.807, 2.05) is 29.2 Å². The molecule has 1 aromatic carbocycles. The van der Waals surface area contributed by atoms with Gasteiger partial charge in [-0.1, -0.05) is 39.8 Å². The Bertz CT molecular complexity index is 444. The van der Waals surface area contributed by atoms with Gasteiger partial charge >= 0.3 is 0 Å². The topological polar surface area (TPSA) is 23.6 Å². The minimum absolute atomic E-state index is 0.114. The van der Waals surface area contributed by atoms with Crippen LogP contribution in [0, 0.1) is 5.92 Å². The van der Waals surface area contributed by atoms with E-state index in [1.54, 1.807) is 0 Å². The molecule has 0 saturated heterocycles. The van der Waals surface area contributed by atoms with Crippen LogP contribution < -0.4 is 0 Å². The van der Waals surface area contributed by atoms with Crippen LogP contribution in [-0.2, 0) is 0 Å². The summed E-state index contributed by atoms with van der Waals surface area (Å²) < 4.78 is 0.867. The first-order valence-electron chi connectivity index (χ1n) is 7.75. The van der Waals surface area contributed by atoms with Crippen LogP contribution in [-0.4, -0.2) is 48.4 Å². The van der Waals surface area contributed by atoms with E-state index in [1.165, 1.54) is 0 Å². The molecule has 0 atom stereocenters. The van der Waals surface area contributed by atoms with E-state index in [-0.39, 0.29) is 5.91 Å². The van der Waals surface area contributed by atoms with Crippen LogP contribution in [0.2, 0.25) is 0 Å². The number of carbonyl (C=O) groups is 1. The van der Waals surface area contributed by atoms with Crippen LogP contribution in [0.5, 0.6) is 0 Å². The quantitative estimate of drug-likeness (QED) is 0.706. The number of hydrogen-bond donors (Lipinski definition) is 0. The number of halogens is 1. The molecule has 1 aromatic rings. The molecule has 0 unspecified atom stereocenters. The van der Waals surface area contributed by atoms with E-state index in [0.717, 1.165) is 42.8 Å². The SMILES string of the molecule is CCN(CC)CCN(CC(C)C)C(=O)c1ccccc1Br. The summed E-state index contributed by atoms with van der Waals surface area (Å²) in [5.41, 5.74) is 0.748. The molecule has 0 N–H and O–H groups in total. The molecular weight excluding hydrogens is 328 g/mol. The van der Waals surface area contributed by atoms with Crippen LogP contribution in [0.4, 0.5) is 0 Å². The van der Waals surface area contributed by atoms with Crippen LogP contribution in [0.1, 0.15) is 38.1 Å². The molecule has 0 fully saturated rings. The van der Waals surface area contributed by atoms with E-state index >= 15 is 0 Å². The number of amides is 1. The molecule has 0 bridgehead atoms. The van der Waals surface area contributed by atoms with Crippen LogP contribution in [0.15, 0.2) is 28.7 Å². The van der Waals surface area contributed by atoms with Gasteiger partial charge in [-0.15, -0.1) is 0 Å². The fraction of sp³-hybridized carbons (Fsp3) is 0.588. The molecule has 0 aliphatic heterocycles. The number of benzene rings is 1.